The molecule has 5 aromatic rings. The van der Waals surface area contributed by atoms with Crippen LogP contribution in [0.4, 0.5) is 0 Å². The number of halogens is 2. The number of hydrogen-bond acceptors (Lipinski definition) is 4. The van der Waals surface area contributed by atoms with Crippen molar-refractivity contribution < 1.29 is 14.3 Å². The Morgan fingerprint density at radius 3 is 2.62 bits per heavy atom. The van der Waals surface area contributed by atoms with Gasteiger partial charge in [-0.15, -0.1) is 0 Å². The van der Waals surface area contributed by atoms with Crippen molar-refractivity contribution >= 4 is 56.8 Å². The van der Waals surface area contributed by atoms with Crippen molar-refractivity contribution in [3.63, 3.8) is 0 Å². The summed E-state index contributed by atoms with van der Waals surface area (Å²) < 4.78 is 5.39. The van der Waals surface area contributed by atoms with Gasteiger partial charge >= 0.3 is 0 Å². The van der Waals surface area contributed by atoms with Crippen molar-refractivity contribution in [1.82, 2.24) is 20.8 Å². The Morgan fingerprint density at radius 1 is 0.949 bits per heavy atom. The molecule has 2 amide bonds. The molecule has 0 saturated carbocycles. The van der Waals surface area contributed by atoms with E-state index in [-0.39, 0.29) is 18.9 Å². The van der Waals surface area contributed by atoms with Crippen LogP contribution in [0.2, 0.25) is 10.0 Å². The molecule has 39 heavy (non-hydrogen) atoms. The number of fused-ring (bicyclic) bond motifs is 2. The molecular formula is C30H26Cl2N4O3. The number of H-pyrrole nitrogens is 1. The second-order valence-corrected chi connectivity index (χ2v) is 10.1. The van der Waals surface area contributed by atoms with Crippen LogP contribution in [-0.2, 0) is 16.0 Å². The number of hydrazine groups is 1. The third-order valence-corrected chi connectivity index (χ3v) is 6.87. The minimum absolute atomic E-state index is 0.229. The van der Waals surface area contributed by atoms with Gasteiger partial charge in [0.2, 0.25) is 5.91 Å². The van der Waals surface area contributed by atoms with Gasteiger partial charge in [0.15, 0.2) is 6.61 Å². The maximum absolute atomic E-state index is 12.4. The van der Waals surface area contributed by atoms with Crippen LogP contribution < -0.4 is 15.6 Å². The quantitative estimate of drug-likeness (QED) is 0.187. The van der Waals surface area contributed by atoms with E-state index in [9.17, 15) is 9.59 Å². The molecule has 9 heteroatoms. The zero-order chi connectivity index (χ0) is 27.4. The Hall–Kier alpha value is -4.07. The van der Waals surface area contributed by atoms with Crippen molar-refractivity contribution in [2.45, 2.75) is 26.2 Å². The van der Waals surface area contributed by atoms with E-state index in [0.717, 1.165) is 44.3 Å². The van der Waals surface area contributed by atoms with Crippen LogP contribution in [0.3, 0.4) is 0 Å². The summed E-state index contributed by atoms with van der Waals surface area (Å²) in [6.07, 6.45) is 1.47. The van der Waals surface area contributed by atoms with Crippen LogP contribution in [-0.4, -0.2) is 28.4 Å². The molecule has 2 aromatic heterocycles. The van der Waals surface area contributed by atoms with E-state index in [0.29, 0.717) is 28.6 Å². The Balaban J connectivity index is 1.21. The standard InChI is InChI=1S/C30H26Cl2N4O3/c1-18-9-12-25-22(15-18)21(30(34-25)26-13-10-19-5-2-3-7-24(19)33-26)6-4-8-28(37)35-36-29(38)17-39-27-14-11-20(31)16-23(27)32/h2-3,5,7,9-16,34H,4,6,8,17H2,1H3,(H,35,37)(H,36,38). The van der Waals surface area contributed by atoms with E-state index < -0.39 is 5.91 Å². The minimum Gasteiger partial charge on any atom is -0.482 e. The lowest BCUT2D eigenvalue weighted by molar-refractivity contribution is -0.130. The number of aromatic amines is 1. The molecule has 0 spiro atoms. The second-order valence-electron chi connectivity index (χ2n) is 9.23. The monoisotopic (exact) mass is 560 g/mol. The van der Waals surface area contributed by atoms with Gasteiger partial charge in [-0.2, -0.15) is 0 Å². The van der Waals surface area contributed by atoms with Gasteiger partial charge in [0.1, 0.15) is 5.75 Å². The van der Waals surface area contributed by atoms with E-state index in [1.807, 2.05) is 30.3 Å². The maximum atomic E-state index is 12.4. The van der Waals surface area contributed by atoms with E-state index in [1.54, 1.807) is 12.1 Å². The predicted molar refractivity (Wildman–Crippen MR) is 155 cm³/mol. The van der Waals surface area contributed by atoms with Crippen molar-refractivity contribution in [3.8, 4) is 17.1 Å². The Labute approximate surface area is 235 Å². The van der Waals surface area contributed by atoms with Crippen LogP contribution in [0, 0.1) is 6.92 Å². The minimum atomic E-state index is -0.508. The number of benzene rings is 3. The fraction of sp³-hybridized carbons (Fsp3) is 0.167. The van der Waals surface area contributed by atoms with E-state index in [1.165, 1.54) is 6.07 Å². The van der Waals surface area contributed by atoms with E-state index in [2.05, 4.69) is 47.0 Å². The second kappa shape index (κ2) is 11.8. The molecule has 0 saturated heterocycles. The average Bonchev–Trinajstić information content (AvgIpc) is 3.28. The van der Waals surface area contributed by atoms with Gasteiger partial charge in [-0.25, -0.2) is 4.98 Å². The topological polar surface area (TPSA) is 96.1 Å². The number of pyridine rings is 1. The third kappa shape index (κ3) is 6.33. The highest BCUT2D eigenvalue weighted by atomic mass is 35.5. The van der Waals surface area contributed by atoms with Crippen LogP contribution in [0.15, 0.2) is 72.8 Å². The smallest absolute Gasteiger partial charge is 0.276 e. The van der Waals surface area contributed by atoms with Gasteiger partial charge in [0.25, 0.3) is 5.91 Å². The first-order valence-electron chi connectivity index (χ1n) is 12.5. The normalized spacial score (nSPS) is 11.1. The summed E-state index contributed by atoms with van der Waals surface area (Å²) in [5.74, 6) is -0.478. The first kappa shape index (κ1) is 26.5. The van der Waals surface area contributed by atoms with Gasteiger partial charge in [-0.1, -0.05) is 59.1 Å². The molecule has 0 atom stereocenters. The fourth-order valence-corrected chi connectivity index (χ4v) is 4.91. The lowest BCUT2D eigenvalue weighted by atomic mass is 10.0. The fourth-order valence-electron chi connectivity index (χ4n) is 4.44. The number of para-hydroxylation sites is 1. The molecule has 0 aliphatic carbocycles. The van der Waals surface area contributed by atoms with E-state index in [4.69, 9.17) is 32.9 Å². The number of carbonyl (C=O) groups is 2. The molecule has 0 aliphatic rings. The van der Waals surface area contributed by atoms with Crippen LogP contribution in [0.1, 0.15) is 24.0 Å². The number of aryl methyl sites for hydroxylation is 2. The van der Waals surface area contributed by atoms with Crippen molar-refractivity contribution in [3.05, 3.63) is 94.0 Å². The number of amides is 2. The predicted octanol–water partition coefficient (Wildman–Crippen LogP) is 6.55. The third-order valence-electron chi connectivity index (χ3n) is 6.34. The summed E-state index contributed by atoms with van der Waals surface area (Å²) in [5, 5.41) is 2.96. The van der Waals surface area contributed by atoms with Crippen LogP contribution >= 0.6 is 23.2 Å². The molecule has 3 aromatic carbocycles. The Bertz CT molecular complexity index is 1680. The highest BCUT2D eigenvalue weighted by molar-refractivity contribution is 6.35. The highest BCUT2D eigenvalue weighted by Gasteiger charge is 2.16. The summed E-state index contributed by atoms with van der Waals surface area (Å²) in [6, 6.07) is 23.1. The molecule has 3 N–H and O–H groups in total. The van der Waals surface area contributed by atoms with Crippen molar-refractivity contribution in [2.75, 3.05) is 6.61 Å². The number of nitrogens with zero attached hydrogens (tertiary/aromatic N) is 1. The Kier molecular flexibility index (Phi) is 8.00. The summed E-state index contributed by atoms with van der Waals surface area (Å²) >= 11 is 11.9. The van der Waals surface area contributed by atoms with Gasteiger partial charge in [-0.05, 0) is 67.8 Å². The highest BCUT2D eigenvalue weighted by Crippen LogP contribution is 2.32. The van der Waals surface area contributed by atoms with Crippen LogP contribution in [0.25, 0.3) is 33.2 Å². The lowest BCUT2D eigenvalue weighted by Crippen LogP contribution is -2.43. The number of carbonyl (C=O) groups excluding carboxylic acids is 2. The summed E-state index contributed by atoms with van der Waals surface area (Å²) in [5.41, 5.74) is 10.8. The molecule has 7 nitrogen and oxygen atoms in total. The summed E-state index contributed by atoms with van der Waals surface area (Å²) in [4.78, 5) is 33.0. The molecule has 0 bridgehead atoms. The van der Waals surface area contributed by atoms with Crippen LogP contribution in [0.5, 0.6) is 5.75 Å². The molecule has 0 aliphatic heterocycles. The van der Waals surface area contributed by atoms with Crippen molar-refractivity contribution in [1.29, 1.82) is 0 Å². The van der Waals surface area contributed by atoms with Crippen molar-refractivity contribution in [2.24, 2.45) is 0 Å². The van der Waals surface area contributed by atoms with Gasteiger partial charge in [0.05, 0.1) is 21.9 Å². The molecule has 0 unspecified atom stereocenters. The molecule has 2 heterocycles. The summed E-state index contributed by atoms with van der Waals surface area (Å²) in [6.45, 7) is 1.75. The number of nitrogens with one attached hydrogen (secondary N) is 3. The van der Waals surface area contributed by atoms with Gasteiger partial charge in [0, 0.05) is 27.7 Å². The molecular weight excluding hydrogens is 535 g/mol. The molecule has 0 radical (unpaired) electrons. The zero-order valence-electron chi connectivity index (χ0n) is 21.2. The average molecular weight is 561 g/mol. The molecule has 5 rings (SSSR count). The maximum Gasteiger partial charge on any atom is 0.276 e. The molecule has 198 valence electrons. The first-order valence-corrected chi connectivity index (χ1v) is 13.3. The first-order chi connectivity index (χ1) is 18.9. The zero-order valence-corrected chi connectivity index (χ0v) is 22.7. The number of hydrogen-bond donors (Lipinski definition) is 3. The summed E-state index contributed by atoms with van der Waals surface area (Å²) in [7, 11) is 0. The van der Waals surface area contributed by atoms with Gasteiger partial charge < -0.3 is 9.72 Å². The molecule has 0 fully saturated rings. The number of rotatable bonds is 8. The number of ether oxygens (including phenoxy) is 1. The Morgan fingerprint density at radius 2 is 1.77 bits per heavy atom. The number of aromatic nitrogens is 2. The van der Waals surface area contributed by atoms with Gasteiger partial charge in [-0.3, -0.25) is 20.4 Å². The SMILES string of the molecule is Cc1ccc2[nH]c(-c3ccc4ccccc4n3)c(CCCC(=O)NNC(=O)COc3ccc(Cl)cc3Cl)c2c1. The lowest BCUT2D eigenvalue weighted by Gasteiger charge is -2.10. The van der Waals surface area contributed by atoms with E-state index >= 15 is 0 Å². The largest absolute Gasteiger partial charge is 0.482 e.